The zero-order chi connectivity index (χ0) is 28.3. The van der Waals surface area contributed by atoms with E-state index in [1.54, 1.807) is 31.2 Å². The highest BCUT2D eigenvalue weighted by molar-refractivity contribution is 7.89. The fourth-order valence-corrected chi connectivity index (χ4v) is 6.12. The first-order valence-electron chi connectivity index (χ1n) is 12.8. The standard InChI is InChI=1S/C26H29N5O8S/c1-18-24(25(32)27-17-21-8-5-13-38-21)28-30(19-6-3-2-4-7-19)26(18)39-22-10-9-20(31(33)34)16-23(22)40(35,36)29-11-14-37-15-12-29/h2-4,6-7,9-10,16,21H,5,8,11-15,17H2,1H3,(H,27,32)/t21-/m0/s1. The van der Waals surface area contributed by atoms with Gasteiger partial charge < -0.3 is 19.5 Å². The predicted molar refractivity (Wildman–Crippen MR) is 142 cm³/mol. The Labute approximate surface area is 230 Å². The van der Waals surface area contributed by atoms with Crippen molar-refractivity contribution in [3.63, 3.8) is 0 Å². The third-order valence-corrected chi connectivity index (χ3v) is 8.65. The van der Waals surface area contributed by atoms with Crippen LogP contribution < -0.4 is 10.1 Å². The molecule has 5 rings (SSSR count). The van der Waals surface area contributed by atoms with Crippen molar-refractivity contribution in [2.24, 2.45) is 0 Å². The van der Waals surface area contributed by atoms with Crippen molar-refractivity contribution < 1.29 is 32.3 Å². The summed E-state index contributed by atoms with van der Waals surface area (Å²) in [5.41, 5.74) is 0.623. The molecule has 14 heteroatoms. The number of hydrogen-bond donors (Lipinski definition) is 1. The van der Waals surface area contributed by atoms with Crippen LogP contribution >= 0.6 is 0 Å². The van der Waals surface area contributed by atoms with E-state index in [9.17, 15) is 23.3 Å². The second-order valence-corrected chi connectivity index (χ2v) is 11.3. The van der Waals surface area contributed by atoms with Crippen LogP contribution in [0.25, 0.3) is 5.69 Å². The third kappa shape index (κ3) is 5.70. The predicted octanol–water partition coefficient (Wildman–Crippen LogP) is 2.81. The molecule has 0 radical (unpaired) electrons. The third-order valence-electron chi connectivity index (χ3n) is 6.73. The van der Waals surface area contributed by atoms with Gasteiger partial charge in [0, 0.05) is 43.9 Å². The molecule has 2 saturated heterocycles. The maximum absolute atomic E-state index is 13.6. The van der Waals surface area contributed by atoms with Gasteiger partial charge in [-0.25, -0.2) is 8.42 Å². The number of nitrogens with one attached hydrogen (secondary N) is 1. The molecule has 0 saturated carbocycles. The Kier molecular flexibility index (Phi) is 8.12. The highest BCUT2D eigenvalue weighted by atomic mass is 32.2. The number of nitro groups is 1. The number of carbonyl (C=O) groups is 1. The maximum Gasteiger partial charge on any atom is 0.272 e. The van der Waals surface area contributed by atoms with Gasteiger partial charge in [0.1, 0.15) is 10.6 Å². The van der Waals surface area contributed by atoms with E-state index in [1.807, 2.05) is 6.07 Å². The second kappa shape index (κ2) is 11.7. The first-order chi connectivity index (χ1) is 19.3. The summed E-state index contributed by atoms with van der Waals surface area (Å²) in [7, 11) is -4.19. The zero-order valence-electron chi connectivity index (χ0n) is 21.8. The van der Waals surface area contributed by atoms with Gasteiger partial charge in [0.05, 0.1) is 29.9 Å². The number of benzene rings is 2. The molecule has 2 aromatic carbocycles. The van der Waals surface area contributed by atoms with Gasteiger partial charge >= 0.3 is 0 Å². The number of morpholine rings is 1. The molecule has 0 bridgehead atoms. The summed E-state index contributed by atoms with van der Waals surface area (Å²) in [6.45, 7) is 3.23. The number of rotatable bonds is 9. The highest BCUT2D eigenvalue weighted by Crippen LogP contribution is 2.37. The highest BCUT2D eigenvalue weighted by Gasteiger charge is 2.33. The van der Waals surface area contributed by atoms with Crippen LogP contribution in [-0.4, -0.2) is 78.9 Å². The molecular weight excluding hydrogens is 542 g/mol. The Morgan fingerprint density at radius 1 is 1.18 bits per heavy atom. The molecule has 1 atom stereocenters. The van der Waals surface area contributed by atoms with Crippen molar-refractivity contribution in [1.82, 2.24) is 19.4 Å². The van der Waals surface area contributed by atoms with E-state index in [2.05, 4.69) is 10.4 Å². The van der Waals surface area contributed by atoms with Gasteiger partial charge in [-0.2, -0.15) is 14.1 Å². The van der Waals surface area contributed by atoms with E-state index in [4.69, 9.17) is 14.2 Å². The Hall–Kier alpha value is -3.85. The average Bonchev–Trinajstić information content (AvgIpc) is 3.61. The van der Waals surface area contributed by atoms with Crippen LogP contribution in [0.4, 0.5) is 5.69 Å². The van der Waals surface area contributed by atoms with Crippen LogP contribution in [-0.2, 0) is 19.5 Å². The average molecular weight is 572 g/mol. The second-order valence-electron chi connectivity index (χ2n) is 9.38. The Balaban J connectivity index is 1.55. The van der Waals surface area contributed by atoms with Crippen molar-refractivity contribution in [2.45, 2.75) is 30.8 Å². The van der Waals surface area contributed by atoms with Crippen molar-refractivity contribution in [3.05, 3.63) is 69.9 Å². The molecule has 1 aromatic heterocycles. The SMILES string of the molecule is Cc1c(C(=O)NC[C@@H]2CCCO2)nn(-c2ccccc2)c1Oc1ccc([N+](=O)[O-])cc1S(=O)(=O)N1CCOCC1. The van der Waals surface area contributed by atoms with E-state index >= 15 is 0 Å². The molecule has 1 amide bonds. The van der Waals surface area contributed by atoms with E-state index in [1.165, 1.54) is 21.1 Å². The van der Waals surface area contributed by atoms with Crippen LogP contribution in [0.5, 0.6) is 11.6 Å². The fourth-order valence-electron chi connectivity index (χ4n) is 4.58. The van der Waals surface area contributed by atoms with E-state index < -0.39 is 26.5 Å². The lowest BCUT2D eigenvalue weighted by Gasteiger charge is -2.26. The number of carbonyl (C=O) groups excluding carboxylic acids is 1. The van der Waals surface area contributed by atoms with Gasteiger partial charge in [-0.15, -0.1) is 0 Å². The quantitative estimate of drug-likeness (QED) is 0.301. The summed E-state index contributed by atoms with van der Waals surface area (Å²) in [5.74, 6) is -0.471. The Morgan fingerprint density at radius 2 is 1.93 bits per heavy atom. The first kappa shape index (κ1) is 27.7. The maximum atomic E-state index is 13.6. The summed E-state index contributed by atoms with van der Waals surface area (Å²) >= 11 is 0. The molecule has 2 aliphatic heterocycles. The largest absolute Gasteiger partial charge is 0.437 e. The number of ether oxygens (including phenoxy) is 3. The number of aromatic nitrogens is 2. The molecule has 0 aliphatic carbocycles. The van der Waals surface area contributed by atoms with E-state index in [-0.39, 0.29) is 54.6 Å². The number of sulfonamides is 1. The number of para-hydroxylation sites is 1. The Bertz CT molecular complexity index is 1500. The van der Waals surface area contributed by atoms with Crippen LogP contribution in [0.3, 0.4) is 0 Å². The molecule has 3 heterocycles. The summed E-state index contributed by atoms with van der Waals surface area (Å²) < 4.78 is 46.9. The van der Waals surface area contributed by atoms with Crippen molar-refractivity contribution in [3.8, 4) is 17.3 Å². The number of nitrogens with zero attached hydrogens (tertiary/aromatic N) is 4. The smallest absolute Gasteiger partial charge is 0.272 e. The lowest BCUT2D eigenvalue weighted by Crippen LogP contribution is -2.40. The lowest BCUT2D eigenvalue weighted by atomic mass is 10.2. The number of non-ortho nitro benzene ring substituents is 1. The van der Waals surface area contributed by atoms with Gasteiger partial charge in [-0.1, -0.05) is 18.2 Å². The molecule has 1 N–H and O–H groups in total. The van der Waals surface area contributed by atoms with Crippen molar-refractivity contribution in [2.75, 3.05) is 39.5 Å². The van der Waals surface area contributed by atoms with E-state index in [0.29, 0.717) is 24.4 Å². The molecular formula is C26H29N5O8S. The van der Waals surface area contributed by atoms with Crippen molar-refractivity contribution in [1.29, 1.82) is 0 Å². The molecule has 0 unspecified atom stereocenters. The van der Waals surface area contributed by atoms with Crippen LogP contribution in [0, 0.1) is 17.0 Å². The Morgan fingerprint density at radius 3 is 2.60 bits per heavy atom. The molecule has 3 aromatic rings. The summed E-state index contributed by atoms with van der Waals surface area (Å²) in [4.78, 5) is 23.6. The summed E-state index contributed by atoms with van der Waals surface area (Å²) in [6, 6.07) is 12.3. The lowest BCUT2D eigenvalue weighted by molar-refractivity contribution is -0.385. The number of nitro benzene ring substituents is 1. The zero-order valence-corrected chi connectivity index (χ0v) is 22.6. The van der Waals surface area contributed by atoms with Gasteiger partial charge in [0.25, 0.3) is 11.6 Å². The fraction of sp³-hybridized carbons (Fsp3) is 0.385. The summed E-state index contributed by atoms with van der Waals surface area (Å²) in [6.07, 6.45) is 1.72. The van der Waals surface area contributed by atoms with Gasteiger partial charge in [0.15, 0.2) is 5.69 Å². The molecule has 212 valence electrons. The van der Waals surface area contributed by atoms with Gasteiger partial charge in [-0.05, 0) is 38.0 Å². The van der Waals surface area contributed by atoms with Gasteiger partial charge in [-0.3, -0.25) is 14.9 Å². The minimum atomic E-state index is -4.19. The van der Waals surface area contributed by atoms with Gasteiger partial charge in [0.2, 0.25) is 15.9 Å². The first-order valence-corrected chi connectivity index (χ1v) is 14.3. The number of hydrogen-bond acceptors (Lipinski definition) is 9. The monoisotopic (exact) mass is 571 g/mol. The molecule has 0 spiro atoms. The number of amides is 1. The molecule has 2 aliphatic rings. The van der Waals surface area contributed by atoms with Crippen LogP contribution in [0.2, 0.25) is 0 Å². The van der Waals surface area contributed by atoms with Crippen LogP contribution in [0.1, 0.15) is 28.9 Å². The molecule has 40 heavy (non-hydrogen) atoms. The normalized spacial score (nSPS) is 18.0. The minimum Gasteiger partial charge on any atom is -0.437 e. The topological polar surface area (TPSA) is 155 Å². The van der Waals surface area contributed by atoms with Crippen molar-refractivity contribution >= 4 is 21.6 Å². The molecule has 2 fully saturated rings. The van der Waals surface area contributed by atoms with E-state index in [0.717, 1.165) is 18.9 Å². The molecule has 13 nitrogen and oxygen atoms in total. The minimum absolute atomic E-state index is 0.0655. The summed E-state index contributed by atoms with van der Waals surface area (Å²) in [5, 5.41) is 18.9. The van der Waals surface area contributed by atoms with Crippen LogP contribution in [0.15, 0.2) is 53.4 Å².